The Morgan fingerprint density at radius 1 is 1.23 bits per heavy atom. The average molecular weight is 415 g/mol. The van der Waals surface area contributed by atoms with Gasteiger partial charge in [-0.3, -0.25) is 9.59 Å². The molecule has 0 spiro atoms. The third-order valence-electron chi connectivity index (χ3n) is 5.80. The van der Waals surface area contributed by atoms with Crippen molar-refractivity contribution in [3.63, 3.8) is 0 Å². The lowest BCUT2D eigenvalue weighted by Crippen LogP contribution is -2.52. The van der Waals surface area contributed by atoms with Crippen molar-refractivity contribution in [3.8, 4) is 5.75 Å². The second-order valence-corrected chi connectivity index (χ2v) is 8.30. The SMILES string of the molecule is Cc1ccc(OCCNC(=O)[C@@]2(C)CCCN(C(=O)Cc3nonc3C)C2)cc1C. The van der Waals surface area contributed by atoms with Gasteiger partial charge in [-0.1, -0.05) is 16.4 Å². The molecule has 1 aliphatic heterocycles. The van der Waals surface area contributed by atoms with Crippen molar-refractivity contribution < 1.29 is 19.0 Å². The zero-order valence-corrected chi connectivity index (χ0v) is 18.2. The quantitative estimate of drug-likeness (QED) is 0.699. The van der Waals surface area contributed by atoms with Crippen molar-refractivity contribution in [1.29, 1.82) is 0 Å². The molecule has 2 amide bonds. The largest absolute Gasteiger partial charge is 0.492 e. The second kappa shape index (κ2) is 9.28. The van der Waals surface area contributed by atoms with Crippen LogP contribution in [0.15, 0.2) is 22.8 Å². The molecule has 1 aliphatic rings. The van der Waals surface area contributed by atoms with Gasteiger partial charge in [0.1, 0.15) is 23.7 Å². The zero-order chi connectivity index (χ0) is 21.7. The standard InChI is InChI=1S/C22H30N4O4/c1-15-6-7-18(12-16(15)2)29-11-9-23-21(28)22(4)8-5-10-26(14-22)20(27)13-19-17(3)24-30-25-19/h6-7,12H,5,8-11,13-14H2,1-4H3,(H,23,28)/t22-/m0/s1. The molecule has 0 radical (unpaired) electrons. The molecule has 0 saturated carbocycles. The summed E-state index contributed by atoms with van der Waals surface area (Å²) in [6.45, 7) is 9.61. The Kier molecular flexibility index (Phi) is 6.74. The monoisotopic (exact) mass is 414 g/mol. The summed E-state index contributed by atoms with van der Waals surface area (Å²) in [7, 11) is 0. The molecule has 30 heavy (non-hydrogen) atoms. The molecule has 8 heteroatoms. The third-order valence-corrected chi connectivity index (χ3v) is 5.80. The number of nitrogens with zero attached hydrogens (tertiary/aromatic N) is 3. The van der Waals surface area contributed by atoms with Crippen LogP contribution in [0.5, 0.6) is 5.75 Å². The van der Waals surface area contributed by atoms with Gasteiger partial charge < -0.3 is 15.0 Å². The van der Waals surface area contributed by atoms with Crippen molar-refractivity contribution in [2.45, 2.75) is 47.0 Å². The number of ether oxygens (including phenoxy) is 1. The molecule has 162 valence electrons. The lowest BCUT2D eigenvalue weighted by atomic mass is 9.80. The molecule has 8 nitrogen and oxygen atoms in total. The topological polar surface area (TPSA) is 97.6 Å². The second-order valence-electron chi connectivity index (χ2n) is 8.30. The first-order chi connectivity index (χ1) is 14.3. The normalized spacial score (nSPS) is 18.9. The van der Waals surface area contributed by atoms with E-state index in [0.717, 1.165) is 18.6 Å². The van der Waals surface area contributed by atoms with Gasteiger partial charge in [0.2, 0.25) is 11.8 Å². The summed E-state index contributed by atoms with van der Waals surface area (Å²) in [5.74, 6) is 0.680. The van der Waals surface area contributed by atoms with Gasteiger partial charge in [0.05, 0.1) is 18.4 Å². The fraction of sp³-hybridized carbons (Fsp3) is 0.545. The van der Waals surface area contributed by atoms with Crippen LogP contribution in [0.4, 0.5) is 0 Å². The summed E-state index contributed by atoms with van der Waals surface area (Å²) >= 11 is 0. The minimum atomic E-state index is -0.620. The van der Waals surface area contributed by atoms with Gasteiger partial charge in [0.25, 0.3) is 0 Å². The molecule has 3 rings (SSSR count). The molecule has 1 fully saturated rings. The molecular weight excluding hydrogens is 384 g/mol. The lowest BCUT2D eigenvalue weighted by molar-refractivity contribution is -0.140. The molecule has 1 aromatic heterocycles. The van der Waals surface area contributed by atoms with E-state index in [1.165, 1.54) is 11.1 Å². The number of nitrogens with one attached hydrogen (secondary N) is 1. The van der Waals surface area contributed by atoms with Crippen LogP contribution in [0, 0.1) is 26.2 Å². The number of benzene rings is 1. The summed E-state index contributed by atoms with van der Waals surface area (Å²) in [6.07, 6.45) is 1.66. The first kappa shape index (κ1) is 21.8. The molecule has 2 heterocycles. The van der Waals surface area contributed by atoms with Gasteiger partial charge in [-0.2, -0.15) is 0 Å². The Labute approximate surface area is 176 Å². The minimum absolute atomic E-state index is 0.0528. The van der Waals surface area contributed by atoms with E-state index in [4.69, 9.17) is 4.74 Å². The van der Waals surface area contributed by atoms with Gasteiger partial charge in [0, 0.05) is 13.1 Å². The van der Waals surface area contributed by atoms with Gasteiger partial charge in [-0.05, 0) is 63.8 Å². The number of piperidine rings is 1. The Morgan fingerprint density at radius 2 is 2.03 bits per heavy atom. The van der Waals surface area contributed by atoms with Crippen LogP contribution in [0.1, 0.15) is 42.3 Å². The maximum Gasteiger partial charge on any atom is 0.228 e. The molecular formula is C22H30N4O4. The Bertz CT molecular complexity index is 910. The predicted molar refractivity (Wildman–Crippen MR) is 111 cm³/mol. The summed E-state index contributed by atoms with van der Waals surface area (Å²) in [6, 6.07) is 5.95. The van der Waals surface area contributed by atoms with Gasteiger partial charge in [-0.15, -0.1) is 0 Å². The molecule has 2 aromatic rings. The summed E-state index contributed by atoms with van der Waals surface area (Å²) < 4.78 is 10.4. The molecule has 1 atom stereocenters. The molecule has 1 saturated heterocycles. The van der Waals surface area contributed by atoms with Crippen molar-refractivity contribution in [3.05, 3.63) is 40.7 Å². The van der Waals surface area contributed by atoms with Crippen molar-refractivity contribution in [2.24, 2.45) is 5.41 Å². The van der Waals surface area contributed by atoms with Crippen LogP contribution in [-0.4, -0.2) is 53.3 Å². The van der Waals surface area contributed by atoms with Crippen molar-refractivity contribution in [1.82, 2.24) is 20.5 Å². The fourth-order valence-electron chi connectivity index (χ4n) is 3.65. The molecule has 1 aromatic carbocycles. The number of likely N-dealkylation sites (tertiary alicyclic amines) is 1. The lowest BCUT2D eigenvalue weighted by Gasteiger charge is -2.39. The van der Waals surface area contributed by atoms with E-state index in [1.54, 1.807) is 11.8 Å². The van der Waals surface area contributed by atoms with E-state index in [2.05, 4.69) is 27.2 Å². The third kappa shape index (κ3) is 5.17. The van der Waals surface area contributed by atoms with E-state index in [9.17, 15) is 9.59 Å². The molecule has 0 bridgehead atoms. The number of amides is 2. The van der Waals surface area contributed by atoms with E-state index in [1.807, 2.05) is 32.0 Å². The number of aryl methyl sites for hydroxylation is 3. The van der Waals surface area contributed by atoms with Gasteiger partial charge >= 0.3 is 0 Å². The molecule has 1 N–H and O–H groups in total. The number of hydrogen-bond acceptors (Lipinski definition) is 6. The highest BCUT2D eigenvalue weighted by Crippen LogP contribution is 2.30. The van der Waals surface area contributed by atoms with Crippen molar-refractivity contribution >= 4 is 11.8 Å². The van der Waals surface area contributed by atoms with Crippen LogP contribution < -0.4 is 10.1 Å². The summed E-state index contributed by atoms with van der Waals surface area (Å²) in [5, 5.41) is 10.5. The fourth-order valence-corrected chi connectivity index (χ4v) is 3.65. The van der Waals surface area contributed by atoms with E-state index >= 15 is 0 Å². The smallest absolute Gasteiger partial charge is 0.228 e. The zero-order valence-electron chi connectivity index (χ0n) is 18.2. The summed E-state index contributed by atoms with van der Waals surface area (Å²) in [5.41, 5.74) is 2.93. The highest BCUT2D eigenvalue weighted by molar-refractivity contribution is 5.84. The number of hydrogen-bond donors (Lipinski definition) is 1. The Balaban J connectivity index is 1.48. The summed E-state index contributed by atoms with van der Waals surface area (Å²) in [4.78, 5) is 27.2. The van der Waals surface area contributed by atoms with Crippen molar-refractivity contribution in [2.75, 3.05) is 26.2 Å². The van der Waals surface area contributed by atoms with Crippen LogP contribution >= 0.6 is 0 Å². The maximum atomic E-state index is 12.8. The highest BCUT2D eigenvalue weighted by Gasteiger charge is 2.39. The number of carbonyl (C=O) groups is 2. The number of aromatic nitrogens is 2. The van der Waals surface area contributed by atoms with Crippen LogP contribution in [0.2, 0.25) is 0 Å². The van der Waals surface area contributed by atoms with E-state index < -0.39 is 5.41 Å². The highest BCUT2D eigenvalue weighted by atomic mass is 16.6. The van der Waals surface area contributed by atoms with Crippen LogP contribution in [0.3, 0.4) is 0 Å². The van der Waals surface area contributed by atoms with Crippen LogP contribution in [-0.2, 0) is 16.0 Å². The van der Waals surface area contributed by atoms with E-state index in [-0.39, 0.29) is 18.2 Å². The Hall–Kier alpha value is -2.90. The first-order valence-electron chi connectivity index (χ1n) is 10.3. The molecule has 0 aliphatic carbocycles. The predicted octanol–water partition coefficient (Wildman–Crippen LogP) is 2.36. The molecule has 0 unspecified atom stereocenters. The van der Waals surface area contributed by atoms with Gasteiger partial charge in [-0.25, -0.2) is 4.63 Å². The minimum Gasteiger partial charge on any atom is -0.492 e. The van der Waals surface area contributed by atoms with E-state index in [0.29, 0.717) is 37.6 Å². The number of rotatable bonds is 7. The van der Waals surface area contributed by atoms with Crippen LogP contribution in [0.25, 0.3) is 0 Å². The first-order valence-corrected chi connectivity index (χ1v) is 10.3. The Morgan fingerprint density at radius 3 is 2.73 bits per heavy atom. The average Bonchev–Trinajstić information content (AvgIpc) is 3.12. The van der Waals surface area contributed by atoms with Gasteiger partial charge in [0.15, 0.2) is 0 Å². The maximum absolute atomic E-state index is 12.8. The number of carbonyl (C=O) groups excluding carboxylic acids is 2.